The monoisotopic (exact) mass is 689 g/mol. The molecule has 0 aromatic heterocycles. The molecule has 1 heterocycles. The Morgan fingerprint density at radius 2 is 1.08 bits per heavy atom. The highest BCUT2D eigenvalue weighted by Crippen LogP contribution is 2.17. The van der Waals surface area contributed by atoms with Crippen LogP contribution < -0.4 is 49.1 Å². The lowest BCUT2D eigenvalue weighted by molar-refractivity contribution is -0.140. The molecule has 49 heavy (non-hydrogen) atoms. The summed E-state index contributed by atoms with van der Waals surface area (Å²) in [7, 11) is 0. The number of nitrogens with two attached hydrogens (primary N) is 3. The average Bonchev–Trinajstić information content (AvgIpc) is 3.00. The highest BCUT2D eigenvalue weighted by Gasteiger charge is 2.36. The smallest absolute Gasteiger partial charge is 0.305 e. The molecule has 13 N–H and O–H groups in total. The first-order chi connectivity index (χ1) is 22.9. The molecule has 0 radical (unpaired) electrons. The number of amides is 9. The van der Waals surface area contributed by atoms with Crippen LogP contribution in [0.1, 0.15) is 56.3 Å². The van der Waals surface area contributed by atoms with E-state index in [1.807, 2.05) is 0 Å². The number of benzene rings is 1. The van der Waals surface area contributed by atoms with Gasteiger partial charge in [0.05, 0.1) is 36.9 Å². The van der Waals surface area contributed by atoms with Crippen LogP contribution >= 0.6 is 0 Å². The highest BCUT2D eigenvalue weighted by atomic mass is 16.4. The summed E-state index contributed by atoms with van der Waals surface area (Å²) >= 11 is 0. The quantitative estimate of drug-likeness (QED) is 0.112. The third kappa shape index (κ3) is 11.9. The fourth-order valence-corrected chi connectivity index (χ4v) is 4.62. The van der Waals surface area contributed by atoms with Crippen LogP contribution in [0.25, 0.3) is 0 Å². The number of hydrogen-bond acceptors (Lipinski definition) is 10. The van der Waals surface area contributed by atoms with Gasteiger partial charge in [-0.2, -0.15) is 0 Å². The van der Waals surface area contributed by atoms with Crippen molar-refractivity contribution in [3.63, 3.8) is 0 Å². The Balaban J connectivity index is 2.73. The standard InChI is InChI=1S/C29H39N9O11/c1-3-12(2)23-29(49)37-17(10-21(32)41)27(47)36-16(9-20(31)40)26(46)35-15(8-19(30)39)25(45)33-14-7-5-4-6-13(14)24(44)34-18(11-22(42)43)28(48)38-23/h4-7,12,15-18,23H,3,8-11H2,1-2H3,(H2,30,39)(H2,31,40)(H2,32,41)(H,33,45)(H,34,44)(H,35,46)(H,36,47)(H,37,49)(H,38,48)(H,42,43)/t12-,15-,16-,17+,18+,23-/m0/s1. The molecule has 0 saturated heterocycles. The number of fused-ring (bicyclic) bond motifs is 1. The van der Waals surface area contributed by atoms with Crippen LogP contribution in [0.4, 0.5) is 5.69 Å². The van der Waals surface area contributed by atoms with E-state index < -0.39 is 121 Å². The number of rotatable bonds is 10. The molecule has 2 rings (SSSR count). The molecular weight excluding hydrogens is 650 g/mol. The average molecular weight is 690 g/mol. The SMILES string of the molecule is CC[C@H](C)[C@@H]1NC(=O)[C@@H](CC(=O)O)NC(=O)c2ccccc2NC(=O)[C@H](CC(N)=O)NC(=O)[C@H](CC(N)=O)NC(=O)[C@@H](CC(N)=O)NC1=O. The van der Waals surface area contributed by atoms with Gasteiger partial charge in [-0.1, -0.05) is 32.4 Å². The first-order valence-electron chi connectivity index (χ1n) is 14.9. The van der Waals surface area contributed by atoms with Gasteiger partial charge in [-0.15, -0.1) is 0 Å². The van der Waals surface area contributed by atoms with Gasteiger partial charge in [0.1, 0.15) is 30.2 Å². The summed E-state index contributed by atoms with van der Waals surface area (Å²) < 4.78 is 0. The molecule has 0 saturated carbocycles. The van der Waals surface area contributed by atoms with Crippen molar-refractivity contribution in [1.82, 2.24) is 26.6 Å². The number of aliphatic carboxylic acids is 1. The lowest BCUT2D eigenvalue weighted by Gasteiger charge is -2.28. The van der Waals surface area contributed by atoms with Crippen molar-refractivity contribution in [1.29, 1.82) is 0 Å². The Morgan fingerprint density at radius 1 is 0.653 bits per heavy atom. The zero-order valence-corrected chi connectivity index (χ0v) is 26.6. The molecule has 0 fully saturated rings. The second-order valence-electron chi connectivity index (χ2n) is 11.2. The summed E-state index contributed by atoms with van der Waals surface area (Å²) in [6, 6.07) is -3.31. The summed E-state index contributed by atoms with van der Waals surface area (Å²) in [5, 5.41) is 23.1. The minimum atomic E-state index is -1.82. The van der Waals surface area contributed by atoms with Gasteiger partial charge in [-0.05, 0) is 18.1 Å². The highest BCUT2D eigenvalue weighted by molar-refractivity contribution is 6.08. The van der Waals surface area contributed by atoms with Crippen LogP contribution in [0, 0.1) is 5.92 Å². The van der Waals surface area contributed by atoms with Crippen LogP contribution in [0.2, 0.25) is 0 Å². The van der Waals surface area contributed by atoms with Crippen LogP contribution in [0.5, 0.6) is 0 Å². The van der Waals surface area contributed by atoms with Crippen molar-refractivity contribution in [2.75, 3.05) is 5.32 Å². The fourth-order valence-electron chi connectivity index (χ4n) is 4.62. The largest absolute Gasteiger partial charge is 0.481 e. The first kappa shape index (κ1) is 39.1. The zero-order valence-electron chi connectivity index (χ0n) is 26.6. The van der Waals surface area contributed by atoms with Gasteiger partial charge in [-0.3, -0.25) is 47.9 Å². The Bertz CT molecular complexity index is 1520. The lowest BCUT2D eigenvalue weighted by Crippen LogP contribution is -2.61. The third-order valence-corrected chi connectivity index (χ3v) is 7.34. The molecule has 1 aliphatic heterocycles. The molecule has 6 atom stereocenters. The number of carboxylic acids is 1. The molecule has 0 bridgehead atoms. The van der Waals surface area contributed by atoms with Crippen LogP contribution in [0.15, 0.2) is 24.3 Å². The molecule has 20 heteroatoms. The number of anilines is 1. The lowest BCUT2D eigenvalue weighted by atomic mass is 9.97. The summed E-state index contributed by atoms with van der Waals surface area (Å²) in [6.07, 6.45) is -3.16. The topological polar surface area (TPSA) is 341 Å². The Hall–Kier alpha value is -6.08. The van der Waals surface area contributed by atoms with Crippen LogP contribution in [0.3, 0.4) is 0 Å². The number of primary amides is 3. The van der Waals surface area contributed by atoms with Crippen LogP contribution in [-0.4, -0.2) is 94.4 Å². The van der Waals surface area contributed by atoms with Gasteiger partial charge >= 0.3 is 5.97 Å². The molecule has 1 aromatic rings. The summed E-state index contributed by atoms with van der Waals surface area (Å²) in [5.74, 6) is -12.1. The van der Waals surface area contributed by atoms with Crippen molar-refractivity contribution in [3.05, 3.63) is 29.8 Å². The van der Waals surface area contributed by atoms with Gasteiger partial charge < -0.3 is 54.2 Å². The summed E-state index contributed by atoms with van der Waals surface area (Å²) in [6.45, 7) is 3.20. The van der Waals surface area contributed by atoms with E-state index in [-0.39, 0.29) is 17.7 Å². The third-order valence-electron chi connectivity index (χ3n) is 7.34. The molecular formula is C29H39N9O11. The maximum atomic E-state index is 13.5. The normalized spacial score (nSPS) is 23.3. The van der Waals surface area contributed by atoms with E-state index in [2.05, 4.69) is 31.9 Å². The summed E-state index contributed by atoms with van der Waals surface area (Å²) in [4.78, 5) is 127. The Kier molecular flexibility index (Phi) is 14.1. The van der Waals surface area contributed by atoms with E-state index in [4.69, 9.17) is 17.2 Å². The Morgan fingerprint density at radius 3 is 1.55 bits per heavy atom. The van der Waals surface area contributed by atoms with E-state index in [9.17, 15) is 53.1 Å². The Labute approximate surface area is 279 Å². The first-order valence-corrected chi connectivity index (χ1v) is 14.9. The van der Waals surface area contributed by atoms with Gasteiger partial charge in [0.2, 0.25) is 47.3 Å². The van der Waals surface area contributed by atoms with Crippen molar-refractivity contribution in [3.8, 4) is 0 Å². The van der Waals surface area contributed by atoms with E-state index in [0.717, 1.165) is 0 Å². The van der Waals surface area contributed by atoms with E-state index >= 15 is 0 Å². The zero-order chi connectivity index (χ0) is 37.0. The van der Waals surface area contributed by atoms with E-state index in [0.29, 0.717) is 0 Å². The van der Waals surface area contributed by atoms with Gasteiger partial charge in [0.25, 0.3) is 5.91 Å². The number of para-hydroxylation sites is 1. The minimum Gasteiger partial charge on any atom is -0.481 e. The fraction of sp³-hybridized carbons (Fsp3) is 0.448. The maximum Gasteiger partial charge on any atom is 0.305 e. The molecule has 1 aromatic carbocycles. The predicted molar refractivity (Wildman–Crippen MR) is 167 cm³/mol. The molecule has 266 valence electrons. The van der Waals surface area contributed by atoms with E-state index in [1.165, 1.54) is 24.3 Å². The van der Waals surface area contributed by atoms with Crippen molar-refractivity contribution in [2.45, 2.75) is 76.2 Å². The van der Waals surface area contributed by atoms with Gasteiger partial charge in [0.15, 0.2) is 0 Å². The van der Waals surface area contributed by atoms with Gasteiger partial charge in [0, 0.05) is 0 Å². The molecule has 0 unspecified atom stereocenters. The second kappa shape index (κ2) is 17.7. The molecule has 9 amide bonds. The molecule has 20 nitrogen and oxygen atoms in total. The number of carbonyl (C=O) groups is 10. The molecule has 0 aliphatic carbocycles. The van der Waals surface area contributed by atoms with Crippen molar-refractivity contribution < 1.29 is 53.1 Å². The maximum absolute atomic E-state index is 13.5. The summed E-state index contributed by atoms with van der Waals surface area (Å²) in [5.41, 5.74) is 15.3. The second-order valence-corrected chi connectivity index (χ2v) is 11.2. The minimum absolute atomic E-state index is 0.200. The predicted octanol–water partition coefficient (Wildman–Crippen LogP) is -4.18. The number of carbonyl (C=O) groups excluding carboxylic acids is 9. The molecule has 0 spiro atoms. The van der Waals surface area contributed by atoms with E-state index in [1.54, 1.807) is 13.8 Å². The molecule has 1 aliphatic rings. The van der Waals surface area contributed by atoms with Crippen molar-refractivity contribution >= 4 is 64.8 Å². The van der Waals surface area contributed by atoms with Crippen molar-refractivity contribution in [2.24, 2.45) is 23.1 Å². The van der Waals surface area contributed by atoms with Gasteiger partial charge in [-0.25, -0.2) is 0 Å². The number of hydrogen-bond donors (Lipinski definition) is 10. The van der Waals surface area contributed by atoms with Crippen LogP contribution in [-0.2, 0) is 43.2 Å². The number of nitrogens with one attached hydrogen (secondary N) is 6. The number of carboxylic acid groups (broad SMARTS) is 1.